The van der Waals surface area contributed by atoms with Crippen molar-refractivity contribution in [3.63, 3.8) is 0 Å². The van der Waals surface area contributed by atoms with E-state index < -0.39 is 16.0 Å². The molecule has 0 aliphatic carbocycles. The number of primary sulfonamides is 1. The number of aromatic nitrogens is 1. The highest BCUT2D eigenvalue weighted by molar-refractivity contribution is 7.89. The molecule has 2 rings (SSSR count). The summed E-state index contributed by atoms with van der Waals surface area (Å²) < 4.78 is 22.6. The molecule has 0 saturated heterocycles. The molecule has 25 heavy (non-hydrogen) atoms. The van der Waals surface area contributed by atoms with Gasteiger partial charge in [-0.05, 0) is 44.2 Å². The fourth-order valence-electron chi connectivity index (χ4n) is 2.27. The second-order valence-corrected chi connectivity index (χ2v) is 6.90. The summed E-state index contributed by atoms with van der Waals surface area (Å²) in [4.78, 5) is 20.0. The summed E-state index contributed by atoms with van der Waals surface area (Å²) in [6.07, 6.45) is 0. The van der Waals surface area contributed by atoms with E-state index in [1.165, 1.54) is 30.3 Å². The number of nitrogens with one attached hydrogen (secondary N) is 1. The van der Waals surface area contributed by atoms with E-state index in [9.17, 15) is 18.3 Å². The van der Waals surface area contributed by atoms with E-state index >= 15 is 0 Å². The summed E-state index contributed by atoms with van der Waals surface area (Å²) in [6, 6.07) is 7.22. The minimum atomic E-state index is -3.78. The molecule has 0 spiro atoms. The van der Waals surface area contributed by atoms with Gasteiger partial charge in [-0.1, -0.05) is 0 Å². The lowest BCUT2D eigenvalue weighted by atomic mass is 10.0. The van der Waals surface area contributed by atoms with Crippen molar-refractivity contribution >= 4 is 33.2 Å². The number of hydrogen-bond acceptors (Lipinski definition) is 6. The minimum Gasteiger partial charge on any atom is -0.478 e. The first kappa shape index (κ1) is 18.6. The molecule has 1 aromatic carbocycles. The van der Waals surface area contributed by atoms with Gasteiger partial charge in [0.25, 0.3) is 0 Å². The van der Waals surface area contributed by atoms with E-state index in [0.29, 0.717) is 28.5 Å². The van der Waals surface area contributed by atoms with Gasteiger partial charge in [0.05, 0.1) is 16.0 Å². The first-order valence-electron chi connectivity index (χ1n) is 7.22. The van der Waals surface area contributed by atoms with E-state index in [1.807, 2.05) is 0 Å². The summed E-state index contributed by atoms with van der Waals surface area (Å²) >= 11 is 0. The second-order valence-electron chi connectivity index (χ2n) is 5.34. The largest absolute Gasteiger partial charge is 0.478 e. The average molecular weight is 362 g/mol. The molecule has 0 bridgehead atoms. The number of carboxylic acid groups (broad SMARTS) is 1. The molecule has 132 valence electrons. The number of hydrogen-bond donors (Lipinski definition) is 3. The molecule has 2 aromatic rings. The van der Waals surface area contributed by atoms with Crippen LogP contribution in [0.3, 0.4) is 0 Å². The number of pyridine rings is 1. The molecule has 0 radical (unpaired) electrons. The number of aromatic carboxylic acids is 1. The molecule has 0 saturated carbocycles. The number of aryl methyl sites for hydroxylation is 1. The number of sulfonamides is 1. The molecule has 0 amide bonds. The molecule has 0 atom stereocenters. The number of nitrogens with zero attached hydrogens (tertiary/aromatic N) is 2. The van der Waals surface area contributed by atoms with Gasteiger partial charge in [-0.15, -0.1) is 0 Å². The van der Waals surface area contributed by atoms with Crippen LogP contribution < -0.4 is 10.5 Å². The Hall–Kier alpha value is -2.78. The van der Waals surface area contributed by atoms with Crippen molar-refractivity contribution in [1.29, 1.82) is 0 Å². The van der Waals surface area contributed by atoms with Gasteiger partial charge in [0.1, 0.15) is 5.82 Å². The van der Waals surface area contributed by atoms with E-state index in [-0.39, 0.29) is 10.5 Å². The van der Waals surface area contributed by atoms with Crippen molar-refractivity contribution in [2.24, 2.45) is 10.1 Å². The SMILES string of the molecule is C/N=C(/C)c1c(C(=O)O)cc(C)nc1Nc1ccc(S(N)(=O)=O)cc1. The van der Waals surface area contributed by atoms with Gasteiger partial charge in [-0.3, -0.25) is 4.99 Å². The highest BCUT2D eigenvalue weighted by Crippen LogP contribution is 2.25. The lowest BCUT2D eigenvalue weighted by Gasteiger charge is -2.15. The number of anilines is 2. The predicted molar refractivity (Wildman–Crippen MR) is 95.2 cm³/mol. The van der Waals surface area contributed by atoms with Crippen LogP contribution in [0.5, 0.6) is 0 Å². The summed E-state index contributed by atoms with van der Waals surface area (Å²) in [6.45, 7) is 3.37. The molecule has 9 heteroatoms. The zero-order valence-electron chi connectivity index (χ0n) is 13.9. The zero-order chi connectivity index (χ0) is 18.8. The van der Waals surface area contributed by atoms with E-state index in [4.69, 9.17) is 5.14 Å². The minimum absolute atomic E-state index is 0.0204. The standard InChI is InChI=1S/C16H18N4O4S/c1-9-8-13(16(21)22)14(10(2)18-3)15(19-9)20-11-4-6-12(7-5-11)25(17,23)24/h4-8H,1-3H3,(H,19,20)(H,21,22)(H2,17,23,24)/b18-10-. The number of carbonyl (C=O) groups is 1. The Morgan fingerprint density at radius 2 is 1.88 bits per heavy atom. The number of nitrogens with two attached hydrogens (primary N) is 1. The number of carboxylic acids is 1. The van der Waals surface area contributed by atoms with Crippen LogP contribution in [0.15, 0.2) is 40.2 Å². The second kappa shape index (κ2) is 6.99. The molecule has 8 nitrogen and oxygen atoms in total. The molecular formula is C16H18N4O4S. The monoisotopic (exact) mass is 362 g/mol. The van der Waals surface area contributed by atoms with Crippen LogP contribution in [0.1, 0.15) is 28.5 Å². The Morgan fingerprint density at radius 1 is 1.28 bits per heavy atom. The first-order chi connectivity index (χ1) is 11.6. The van der Waals surface area contributed by atoms with E-state index in [1.54, 1.807) is 20.9 Å². The fraction of sp³-hybridized carbons (Fsp3) is 0.188. The lowest BCUT2D eigenvalue weighted by molar-refractivity contribution is 0.0696. The Morgan fingerprint density at radius 3 is 2.36 bits per heavy atom. The van der Waals surface area contributed by atoms with Crippen molar-refractivity contribution in [2.45, 2.75) is 18.7 Å². The summed E-state index contributed by atoms with van der Waals surface area (Å²) in [5.41, 5.74) is 2.02. The summed E-state index contributed by atoms with van der Waals surface area (Å²) in [5, 5.41) is 17.5. The molecular weight excluding hydrogens is 344 g/mol. The average Bonchev–Trinajstić information content (AvgIpc) is 2.53. The van der Waals surface area contributed by atoms with Gasteiger partial charge in [-0.2, -0.15) is 0 Å². The molecule has 4 N–H and O–H groups in total. The van der Waals surface area contributed by atoms with Gasteiger partial charge in [0.15, 0.2) is 0 Å². The summed E-state index contributed by atoms with van der Waals surface area (Å²) in [7, 11) is -2.22. The van der Waals surface area contributed by atoms with Crippen LogP contribution >= 0.6 is 0 Å². The maximum Gasteiger partial charge on any atom is 0.336 e. The molecule has 0 unspecified atom stereocenters. The van der Waals surface area contributed by atoms with Crippen molar-refractivity contribution in [3.05, 3.63) is 47.2 Å². The highest BCUT2D eigenvalue weighted by Gasteiger charge is 2.19. The Labute approximate surface area is 145 Å². The van der Waals surface area contributed by atoms with Gasteiger partial charge < -0.3 is 10.4 Å². The number of benzene rings is 1. The van der Waals surface area contributed by atoms with Crippen molar-refractivity contribution in [3.8, 4) is 0 Å². The quantitative estimate of drug-likeness (QED) is 0.696. The third-order valence-electron chi connectivity index (χ3n) is 3.52. The highest BCUT2D eigenvalue weighted by atomic mass is 32.2. The van der Waals surface area contributed by atoms with Crippen LogP contribution in [0, 0.1) is 6.92 Å². The molecule has 0 aliphatic heterocycles. The molecule has 1 heterocycles. The first-order valence-corrected chi connectivity index (χ1v) is 8.76. The molecule has 0 fully saturated rings. The van der Waals surface area contributed by atoms with E-state index in [2.05, 4.69) is 15.3 Å². The number of rotatable bonds is 5. The molecule has 0 aliphatic rings. The smallest absolute Gasteiger partial charge is 0.336 e. The summed E-state index contributed by atoms with van der Waals surface area (Å²) in [5.74, 6) is -0.764. The van der Waals surface area contributed by atoms with Gasteiger partial charge >= 0.3 is 5.97 Å². The predicted octanol–water partition coefficient (Wildman–Crippen LogP) is 1.92. The van der Waals surface area contributed by atoms with Gasteiger partial charge in [0.2, 0.25) is 10.0 Å². The van der Waals surface area contributed by atoms with Crippen molar-refractivity contribution < 1.29 is 18.3 Å². The maximum absolute atomic E-state index is 11.6. The molecule has 1 aromatic heterocycles. The zero-order valence-corrected chi connectivity index (χ0v) is 14.8. The Kier molecular flexibility index (Phi) is 5.19. The maximum atomic E-state index is 11.6. The van der Waals surface area contributed by atoms with Gasteiger partial charge in [0, 0.05) is 24.1 Å². The van der Waals surface area contributed by atoms with Crippen LogP contribution in [0.25, 0.3) is 0 Å². The third kappa shape index (κ3) is 4.20. The Bertz CT molecular complexity index is 951. The van der Waals surface area contributed by atoms with Crippen LogP contribution in [0.4, 0.5) is 11.5 Å². The third-order valence-corrected chi connectivity index (χ3v) is 4.45. The number of aliphatic imine (C=N–C) groups is 1. The fourth-order valence-corrected chi connectivity index (χ4v) is 2.79. The Balaban J connectivity index is 2.54. The van der Waals surface area contributed by atoms with Crippen LogP contribution in [-0.4, -0.2) is 37.2 Å². The van der Waals surface area contributed by atoms with Crippen molar-refractivity contribution in [2.75, 3.05) is 12.4 Å². The normalized spacial score (nSPS) is 12.1. The van der Waals surface area contributed by atoms with E-state index in [0.717, 1.165) is 0 Å². The lowest BCUT2D eigenvalue weighted by Crippen LogP contribution is -2.13. The van der Waals surface area contributed by atoms with Crippen LogP contribution in [-0.2, 0) is 10.0 Å². The van der Waals surface area contributed by atoms with Crippen molar-refractivity contribution in [1.82, 2.24) is 4.98 Å². The topological polar surface area (TPSA) is 135 Å². The van der Waals surface area contributed by atoms with Gasteiger partial charge in [-0.25, -0.2) is 23.3 Å². The van der Waals surface area contributed by atoms with Crippen LogP contribution in [0.2, 0.25) is 0 Å².